The Balaban J connectivity index is 3.75. The van der Waals surface area contributed by atoms with Crippen LogP contribution in [0, 0.1) is 5.92 Å². The predicted octanol–water partition coefficient (Wildman–Crippen LogP) is 1.88. The molecule has 2 unspecified atom stereocenters. The molecule has 0 bridgehead atoms. The molecule has 3 heteroatoms. The first-order valence-electron chi connectivity index (χ1n) is 5.07. The van der Waals surface area contributed by atoms with Gasteiger partial charge in [-0.2, -0.15) is 0 Å². The van der Waals surface area contributed by atoms with Gasteiger partial charge in [-0.15, -0.1) is 0 Å². The van der Waals surface area contributed by atoms with Gasteiger partial charge in [-0.1, -0.05) is 20.3 Å². The third kappa shape index (κ3) is 5.64. The highest BCUT2D eigenvalue weighted by Crippen LogP contribution is 2.05. The number of hydrogen-bond acceptors (Lipinski definition) is 2. The van der Waals surface area contributed by atoms with Crippen molar-refractivity contribution in [1.29, 1.82) is 0 Å². The molecule has 0 amide bonds. The molecule has 0 rings (SSSR count). The summed E-state index contributed by atoms with van der Waals surface area (Å²) in [5.74, 6) is -0.906. The highest BCUT2D eigenvalue weighted by molar-refractivity contribution is 5.70. The zero-order chi connectivity index (χ0) is 10.3. The van der Waals surface area contributed by atoms with Gasteiger partial charge in [-0.25, -0.2) is 0 Å². The minimum atomic E-state index is -0.683. The highest BCUT2D eigenvalue weighted by Gasteiger charge is 2.16. The van der Waals surface area contributed by atoms with Gasteiger partial charge in [-0.05, 0) is 19.8 Å². The van der Waals surface area contributed by atoms with E-state index in [9.17, 15) is 4.79 Å². The van der Waals surface area contributed by atoms with Crippen LogP contribution in [0.15, 0.2) is 0 Å². The Bertz CT molecular complexity index is 148. The summed E-state index contributed by atoms with van der Waals surface area (Å²) in [4.78, 5) is 10.8. The summed E-state index contributed by atoms with van der Waals surface area (Å²) < 4.78 is 0. The van der Waals surface area contributed by atoms with E-state index in [1.165, 1.54) is 0 Å². The number of rotatable bonds is 7. The molecule has 0 aromatic carbocycles. The van der Waals surface area contributed by atoms with Gasteiger partial charge in [0.2, 0.25) is 0 Å². The standard InChI is InChI=1S/C10H21NO2/c1-4-6-9(10(12)13)7-11-8(3)5-2/h8-9,11H,4-7H2,1-3H3,(H,12,13). The van der Waals surface area contributed by atoms with Crippen molar-refractivity contribution in [3.63, 3.8) is 0 Å². The van der Waals surface area contributed by atoms with Crippen molar-refractivity contribution in [2.24, 2.45) is 5.92 Å². The molecular formula is C10H21NO2. The van der Waals surface area contributed by atoms with Gasteiger partial charge in [-0.3, -0.25) is 4.79 Å². The fourth-order valence-electron chi connectivity index (χ4n) is 1.15. The number of carboxylic acids is 1. The molecule has 0 fully saturated rings. The zero-order valence-corrected chi connectivity index (χ0v) is 8.84. The SMILES string of the molecule is CCCC(CNC(C)CC)C(=O)O. The first kappa shape index (κ1) is 12.4. The molecule has 0 saturated heterocycles. The van der Waals surface area contributed by atoms with Gasteiger partial charge < -0.3 is 10.4 Å². The maximum Gasteiger partial charge on any atom is 0.307 e. The van der Waals surface area contributed by atoms with E-state index < -0.39 is 5.97 Å². The minimum Gasteiger partial charge on any atom is -0.481 e. The molecular weight excluding hydrogens is 166 g/mol. The van der Waals surface area contributed by atoms with E-state index in [2.05, 4.69) is 19.2 Å². The van der Waals surface area contributed by atoms with Crippen LogP contribution in [0.2, 0.25) is 0 Å². The van der Waals surface area contributed by atoms with Crippen molar-refractivity contribution < 1.29 is 9.90 Å². The van der Waals surface area contributed by atoms with E-state index >= 15 is 0 Å². The van der Waals surface area contributed by atoms with Crippen LogP contribution in [0.1, 0.15) is 40.0 Å². The summed E-state index contributed by atoms with van der Waals surface area (Å²) in [6, 6.07) is 0.415. The van der Waals surface area contributed by atoms with E-state index in [1.54, 1.807) is 0 Å². The van der Waals surface area contributed by atoms with Crippen LogP contribution in [0.3, 0.4) is 0 Å². The summed E-state index contributed by atoms with van der Waals surface area (Å²) in [5, 5.41) is 12.1. The smallest absolute Gasteiger partial charge is 0.307 e. The number of nitrogens with one attached hydrogen (secondary N) is 1. The van der Waals surface area contributed by atoms with Gasteiger partial charge in [0, 0.05) is 12.6 Å². The van der Waals surface area contributed by atoms with Gasteiger partial charge >= 0.3 is 5.97 Å². The fourth-order valence-corrected chi connectivity index (χ4v) is 1.15. The van der Waals surface area contributed by atoms with Crippen LogP contribution < -0.4 is 5.32 Å². The number of carboxylic acid groups (broad SMARTS) is 1. The van der Waals surface area contributed by atoms with Crippen molar-refractivity contribution in [2.75, 3.05) is 6.54 Å². The molecule has 0 radical (unpaired) electrons. The second kappa shape index (κ2) is 6.89. The molecule has 3 nitrogen and oxygen atoms in total. The molecule has 0 spiro atoms. The van der Waals surface area contributed by atoms with E-state index in [0.29, 0.717) is 12.6 Å². The second-order valence-electron chi connectivity index (χ2n) is 3.54. The monoisotopic (exact) mass is 187 g/mol. The van der Waals surface area contributed by atoms with Gasteiger partial charge in [0.25, 0.3) is 0 Å². The van der Waals surface area contributed by atoms with Crippen molar-refractivity contribution >= 4 is 5.97 Å². The van der Waals surface area contributed by atoms with Gasteiger partial charge in [0.1, 0.15) is 0 Å². The average molecular weight is 187 g/mol. The lowest BCUT2D eigenvalue weighted by atomic mass is 10.0. The fraction of sp³-hybridized carbons (Fsp3) is 0.900. The molecule has 2 atom stereocenters. The summed E-state index contributed by atoms with van der Waals surface area (Å²) in [7, 11) is 0. The summed E-state index contributed by atoms with van der Waals surface area (Å²) >= 11 is 0. The lowest BCUT2D eigenvalue weighted by Crippen LogP contribution is -2.33. The topological polar surface area (TPSA) is 49.3 Å². The first-order chi connectivity index (χ1) is 6.11. The Hall–Kier alpha value is -0.570. The molecule has 0 aromatic rings. The largest absolute Gasteiger partial charge is 0.481 e. The van der Waals surface area contributed by atoms with Crippen LogP contribution >= 0.6 is 0 Å². The van der Waals surface area contributed by atoms with E-state index in [4.69, 9.17) is 5.11 Å². The van der Waals surface area contributed by atoms with Crippen molar-refractivity contribution in [1.82, 2.24) is 5.32 Å². The lowest BCUT2D eigenvalue weighted by molar-refractivity contribution is -0.141. The molecule has 0 heterocycles. The summed E-state index contributed by atoms with van der Waals surface area (Å²) in [6.07, 6.45) is 2.73. The number of carbonyl (C=O) groups is 1. The first-order valence-corrected chi connectivity index (χ1v) is 5.07. The molecule has 78 valence electrons. The Morgan fingerprint density at radius 2 is 2.08 bits per heavy atom. The van der Waals surface area contributed by atoms with Crippen molar-refractivity contribution in [3.05, 3.63) is 0 Å². The summed E-state index contributed by atoms with van der Waals surface area (Å²) in [5.41, 5.74) is 0. The van der Waals surface area contributed by atoms with E-state index in [1.807, 2.05) is 6.92 Å². The predicted molar refractivity (Wildman–Crippen MR) is 53.8 cm³/mol. The maximum absolute atomic E-state index is 10.8. The van der Waals surface area contributed by atoms with Crippen LogP contribution in [0.5, 0.6) is 0 Å². The van der Waals surface area contributed by atoms with E-state index in [0.717, 1.165) is 19.3 Å². The zero-order valence-electron chi connectivity index (χ0n) is 8.84. The Labute approximate surface area is 80.5 Å². The van der Waals surface area contributed by atoms with Crippen LogP contribution in [0.25, 0.3) is 0 Å². The Morgan fingerprint density at radius 3 is 2.46 bits per heavy atom. The van der Waals surface area contributed by atoms with Crippen LogP contribution in [-0.2, 0) is 4.79 Å². The van der Waals surface area contributed by atoms with Crippen LogP contribution in [0.4, 0.5) is 0 Å². The second-order valence-corrected chi connectivity index (χ2v) is 3.54. The Morgan fingerprint density at radius 1 is 1.46 bits per heavy atom. The molecule has 0 aliphatic heterocycles. The van der Waals surface area contributed by atoms with Crippen molar-refractivity contribution in [2.45, 2.75) is 46.1 Å². The molecule has 0 aromatic heterocycles. The third-order valence-corrected chi connectivity index (χ3v) is 2.31. The Kier molecular flexibility index (Phi) is 6.59. The molecule has 13 heavy (non-hydrogen) atoms. The molecule has 0 aliphatic carbocycles. The molecule has 2 N–H and O–H groups in total. The normalized spacial score (nSPS) is 15.3. The molecule has 0 saturated carbocycles. The van der Waals surface area contributed by atoms with Gasteiger partial charge in [0.15, 0.2) is 0 Å². The molecule has 0 aliphatic rings. The lowest BCUT2D eigenvalue weighted by Gasteiger charge is -2.16. The minimum absolute atomic E-state index is 0.223. The summed E-state index contributed by atoms with van der Waals surface area (Å²) in [6.45, 7) is 6.77. The van der Waals surface area contributed by atoms with Crippen molar-refractivity contribution in [3.8, 4) is 0 Å². The maximum atomic E-state index is 10.8. The quantitative estimate of drug-likeness (QED) is 0.639. The highest BCUT2D eigenvalue weighted by atomic mass is 16.4. The van der Waals surface area contributed by atoms with Gasteiger partial charge in [0.05, 0.1) is 5.92 Å². The van der Waals surface area contributed by atoms with E-state index in [-0.39, 0.29) is 5.92 Å². The number of hydrogen-bond donors (Lipinski definition) is 2. The van der Waals surface area contributed by atoms with Crippen LogP contribution in [-0.4, -0.2) is 23.7 Å². The number of aliphatic carboxylic acids is 1. The average Bonchev–Trinajstić information content (AvgIpc) is 2.11. The third-order valence-electron chi connectivity index (χ3n) is 2.31.